The Morgan fingerprint density at radius 3 is 3.17 bits per heavy atom. The lowest BCUT2D eigenvalue weighted by Crippen LogP contribution is -2.41. The number of carbonyl (C=O) groups excluding carboxylic acids is 1. The van der Waals surface area contributed by atoms with Crippen LogP contribution in [0.2, 0.25) is 0 Å². The summed E-state index contributed by atoms with van der Waals surface area (Å²) in [4.78, 5) is 22.9. The van der Waals surface area contributed by atoms with Crippen LogP contribution in [0.25, 0.3) is 0 Å². The summed E-state index contributed by atoms with van der Waals surface area (Å²) in [5.41, 5.74) is 0. The maximum absolute atomic E-state index is 12.0. The van der Waals surface area contributed by atoms with Crippen molar-refractivity contribution in [3.05, 3.63) is 30.2 Å². The Morgan fingerprint density at radius 2 is 2.42 bits per heavy atom. The maximum atomic E-state index is 12.0. The van der Waals surface area contributed by atoms with Gasteiger partial charge in [0.25, 0.3) is 0 Å². The quantitative estimate of drug-likeness (QED) is 0.773. The summed E-state index contributed by atoms with van der Waals surface area (Å²) >= 11 is 1.35. The molecule has 2 N–H and O–H groups in total. The SMILES string of the molecule is Cc1nc(SCC(=O)NCC2CCCN(c3ccccn3)C2)n[nH]1. The number of H-pyrrole nitrogens is 1. The van der Waals surface area contributed by atoms with Crippen molar-refractivity contribution in [3.8, 4) is 0 Å². The van der Waals surface area contributed by atoms with Crippen molar-refractivity contribution >= 4 is 23.5 Å². The number of thioether (sulfide) groups is 1. The first-order chi connectivity index (χ1) is 11.7. The molecule has 128 valence electrons. The van der Waals surface area contributed by atoms with Crippen LogP contribution >= 0.6 is 11.8 Å². The number of piperidine rings is 1. The zero-order chi connectivity index (χ0) is 16.8. The Labute approximate surface area is 145 Å². The number of aryl methyl sites for hydroxylation is 1. The Bertz CT molecular complexity index is 662. The molecule has 0 aliphatic carbocycles. The standard InChI is InChI=1S/C16H22N6OS/c1-12-19-16(21-20-12)24-11-15(23)18-9-13-5-4-8-22(10-13)14-6-2-3-7-17-14/h2-3,6-7,13H,4-5,8-11H2,1H3,(H,18,23)(H,19,20,21). The number of carbonyl (C=O) groups is 1. The predicted octanol–water partition coefficient (Wildman–Crippen LogP) is 1.63. The van der Waals surface area contributed by atoms with Crippen LogP contribution < -0.4 is 10.2 Å². The molecule has 1 fully saturated rings. The van der Waals surface area contributed by atoms with Gasteiger partial charge in [-0.05, 0) is 37.8 Å². The highest BCUT2D eigenvalue weighted by Gasteiger charge is 2.21. The van der Waals surface area contributed by atoms with Crippen molar-refractivity contribution < 1.29 is 4.79 Å². The Kier molecular flexibility index (Phi) is 5.68. The average molecular weight is 346 g/mol. The van der Waals surface area contributed by atoms with E-state index in [0.29, 0.717) is 23.4 Å². The lowest BCUT2D eigenvalue weighted by molar-refractivity contribution is -0.118. The van der Waals surface area contributed by atoms with Gasteiger partial charge in [-0.15, -0.1) is 5.10 Å². The van der Waals surface area contributed by atoms with Gasteiger partial charge in [0.05, 0.1) is 5.75 Å². The number of nitrogens with one attached hydrogen (secondary N) is 2. The first-order valence-electron chi connectivity index (χ1n) is 8.15. The normalized spacial score (nSPS) is 17.7. The highest BCUT2D eigenvalue weighted by atomic mass is 32.2. The first kappa shape index (κ1) is 16.8. The van der Waals surface area contributed by atoms with E-state index in [-0.39, 0.29) is 5.91 Å². The minimum atomic E-state index is 0.0254. The lowest BCUT2D eigenvalue weighted by Gasteiger charge is -2.33. The molecule has 3 rings (SSSR count). The number of rotatable bonds is 6. The van der Waals surface area contributed by atoms with Crippen LogP contribution in [0.3, 0.4) is 0 Å². The number of aromatic amines is 1. The molecule has 0 radical (unpaired) electrons. The molecule has 0 spiro atoms. The van der Waals surface area contributed by atoms with Crippen molar-refractivity contribution in [2.45, 2.75) is 24.9 Å². The molecule has 8 heteroatoms. The number of hydrogen-bond acceptors (Lipinski definition) is 6. The van der Waals surface area contributed by atoms with E-state index < -0.39 is 0 Å². The van der Waals surface area contributed by atoms with Crippen LogP contribution in [0.5, 0.6) is 0 Å². The molecule has 1 atom stereocenters. The van der Waals surface area contributed by atoms with Crippen LogP contribution in [-0.4, -0.2) is 51.5 Å². The Balaban J connectivity index is 1.41. The number of aromatic nitrogens is 4. The number of nitrogens with zero attached hydrogens (tertiary/aromatic N) is 4. The largest absolute Gasteiger partial charge is 0.356 e. The predicted molar refractivity (Wildman–Crippen MR) is 94.0 cm³/mol. The maximum Gasteiger partial charge on any atom is 0.230 e. The van der Waals surface area contributed by atoms with Crippen LogP contribution in [0.4, 0.5) is 5.82 Å². The Morgan fingerprint density at radius 1 is 1.50 bits per heavy atom. The zero-order valence-electron chi connectivity index (χ0n) is 13.7. The molecule has 0 aromatic carbocycles. The van der Waals surface area contributed by atoms with Gasteiger partial charge < -0.3 is 10.2 Å². The fraction of sp³-hybridized carbons (Fsp3) is 0.500. The van der Waals surface area contributed by atoms with Gasteiger partial charge in [0, 0.05) is 25.8 Å². The van der Waals surface area contributed by atoms with E-state index >= 15 is 0 Å². The van der Waals surface area contributed by atoms with E-state index in [9.17, 15) is 4.79 Å². The fourth-order valence-electron chi connectivity index (χ4n) is 2.81. The molecule has 7 nitrogen and oxygen atoms in total. The van der Waals surface area contributed by atoms with Crippen LogP contribution in [-0.2, 0) is 4.79 Å². The molecular weight excluding hydrogens is 324 g/mol. The van der Waals surface area contributed by atoms with Gasteiger partial charge in [-0.1, -0.05) is 17.8 Å². The molecule has 1 unspecified atom stereocenters. The van der Waals surface area contributed by atoms with Crippen molar-refractivity contribution in [1.29, 1.82) is 0 Å². The molecule has 1 aliphatic rings. The van der Waals surface area contributed by atoms with Crippen molar-refractivity contribution in [1.82, 2.24) is 25.5 Å². The van der Waals surface area contributed by atoms with Crippen LogP contribution in [0.15, 0.2) is 29.6 Å². The molecule has 3 heterocycles. The van der Waals surface area contributed by atoms with Gasteiger partial charge in [-0.25, -0.2) is 9.97 Å². The van der Waals surface area contributed by atoms with Gasteiger partial charge in [0.15, 0.2) is 0 Å². The number of hydrogen-bond donors (Lipinski definition) is 2. The van der Waals surface area contributed by atoms with Crippen molar-refractivity contribution in [3.63, 3.8) is 0 Å². The highest BCUT2D eigenvalue weighted by Crippen LogP contribution is 2.20. The summed E-state index contributed by atoms with van der Waals surface area (Å²) < 4.78 is 0. The summed E-state index contributed by atoms with van der Waals surface area (Å²) in [6.07, 6.45) is 4.09. The molecular formula is C16H22N6OS. The van der Waals surface area contributed by atoms with Crippen LogP contribution in [0.1, 0.15) is 18.7 Å². The van der Waals surface area contributed by atoms with Gasteiger partial charge in [0.1, 0.15) is 11.6 Å². The van der Waals surface area contributed by atoms with Gasteiger partial charge >= 0.3 is 0 Å². The molecule has 0 bridgehead atoms. The molecule has 24 heavy (non-hydrogen) atoms. The highest BCUT2D eigenvalue weighted by molar-refractivity contribution is 7.99. The first-order valence-corrected chi connectivity index (χ1v) is 9.14. The summed E-state index contributed by atoms with van der Waals surface area (Å²) in [6, 6.07) is 5.98. The van der Waals surface area contributed by atoms with Crippen molar-refractivity contribution in [2.75, 3.05) is 30.3 Å². The summed E-state index contributed by atoms with van der Waals surface area (Å²) in [5.74, 6) is 2.60. The summed E-state index contributed by atoms with van der Waals surface area (Å²) in [7, 11) is 0. The van der Waals surface area contributed by atoms with E-state index in [2.05, 4.69) is 30.4 Å². The minimum Gasteiger partial charge on any atom is -0.356 e. The third-order valence-corrected chi connectivity index (χ3v) is 4.84. The second-order valence-corrected chi connectivity index (χ2v) is 6.88. The third kappa shape index (κ3) is 4.70. The number of pyridine rings is 1. The van der Waals surface area contributed by atoms with Crippen molar-refractivity contribution in [2.24, 2.45) is 5.92 Å². The molecule has 2 aromatic heterocycles. The molecule has 1 aliphatic heterocycles. The summed E-state index contributed by atoms with van der Waals surface area (Å²) in [6.45, 7) is 4.51. The minimum absolute atomic E-state index is 0.0254. The molecule has 0 saturated carbocycles. The zero-order valence-corrected chi connectivity index (χ0v) is 14.6. The fourth-order valence-corrected chi connectivity index (χ4v) is 3.48. The van der Waals surface area contributed by atoms with Gasteiger partial charge in [-0.3, -0.25) is 9.89 Å². The van der Waals surface area contributed by atoms with E-state index in [4.69, 9.17) is 0 Å². The average Bonchev–Trinajstić information content (AvgIpc) is 3.04. The Hall–Kier alpha value is -2.09. The van der Waals surface area contributed by atoms with E-state index in [1.807, 2.05) is 31.3 Å². The smallest absolute Gasteiger partial charge is 0.230 e. The van der Waals surface area contributed by atoms with Gasteiger partial charge in [-0.2, -0.15) is 0 Å². The molecule has 1 amide bonds. The monoisotopic (exact) mass is 346 g/mol. The summed E-state index contributed by atoms with van der Waals surface area (Å²) in [5, 5.41) is 10.4. The molecule has 2 aromatic rings. The number of amides is 1. The second kappa shape index (κ2) is 8.14. The number of anilines is 1. The van der Waals surface area contributed by atoms with E-state index in [1.54, 1.807) is 0 Å². The molecule has 1 saturated heterocycles. The topological polar surface area (TPSA) is 86.8 Å². The van der Waals surface area contributed by atoms with E-state index in [1.165, 1.54) is 11.8 Å². The van der Waals surface area contributed by atoms with Gasteiger partial charge in [0.2, 0.25) is 11.1 Å². The third-order valence-electron chi connectivity index (χ3n) is 3.99. The lowest BCUT2D eigenvalue weighted by atomic mass is 9.98. The second-order valence-electron chi connectivity index (χ2n) is 5.94. The van der Waals surface area contributed by atoms with E-state index in [0.717, 1.165) is 37.6 Å². The van der Waals surface area contributed by atoms with Crippen LogP contribution in [0, 0.1) is 12.8 Å².